The number of carbonyl (C=O) groups is 2. The maximum absolute atomic E-state index is 14.5. The zero-order valence-corrected chi connectivity index (χ0v) is 14.6. The summed E-state index contributed by atoms with van der Waals surface area (Å²) in [6, 6.07) is 17.3. The van der Waals surface area contributed by atoms with E-state index in [4.69, 9.17) is 4.74 Å². The van der Waals surface area contributed by atoms with Gasteiger partial charge in [0.2, 0.25) is 0 Å². The number of hydrogen-bond donors (Lipinski definition) is 1. The molecule has 3 aromatic rings. The summed E-state index contributed by atoms with van der Waals surface area (Å²) in [6.45, 7) is 0. The molecule has 4 nitrogen and oxygen atoms in total. The Morgan fingerprint density at radius 2 is 1.68 bits per heavy atom. The third-order valence-corrected chi connectivity index (χ3v) is 4.57. The molecule has 1 N–H and O–H groups in total. The largest absolute Gasteiger partial charge is 0.448 e. The molecule has 0 saturated heterocycles. The van der Waals surface area contributed by atoms with E-state index in [1.807, 2.05) is 0 Å². The van der Waals surface area contributed by atoms with Crippen LogP contribution in [-0.2, 0) is 16.0 Å². The van der Waals surface area contributed by atoms with Gasteiger partial charge in [-0.3, -0.25) is 4.79 Å². The van der Waals surface area contributed by atoms with E-state index in [0.29, 0.717) is 22.8 Å². The van der Waals surface area contributed by atoms with Crippen molar-refractivity contribution in [3.63, 3.8) is 0 Å². The lowest BCUT2D eigenvalue weighted by atomic mass is 9.98. The number of hydrogen-bond acceptors (Lipinski definition) is 3. The minimum Gasteiger partial charge on any atom is -0.448 e. The number of anilines is 1. The average Bonchev–Trinajstić information content (AvgIpc) is 2.70. The molecule has 1 aliphatic rings. The molecule has 1 aliphatic heterocycles. The second-order valence-electron chi connectivity index (χ2n) is 6.42. The summed E-state index contributed by atoms with van der Waals surface area (Å²) in [4.78, 5) is 24.8. The summed E-state index contributed by atoms with van der Waals surface area (Å²) in [5.41, 5.74) is 1.68. The normalized spacial score (nSPS) is 15.5. The van der Waals surface area contributed by atoms with Gasteiger partial charge in [-0.15, -0.1) is 0 Å². The number of fused-ring (bicyclic) bond motifs is 1. The molecule has 1 heterocycles. The molecule has 0 bridgehead atoms. The van der Waals surface area contributed by atoms with Gasteiger partial charge in [0.05, 0.1) is 11.3 Å². The third kappa shape index (κ3) is 3.36. The monoisotopic (exact) mass is 379 g/mol. The zero-order chi connectivity index (χ0) is 19.7. The number of esters is 1. The first-order chi connectivity index (χ1) is 13.5. The van der Waals surface area contributed by atoms with E-state index in [1.165, 1.54) is 0 Å². The molecular formula is C22H15F2NO3. The van der Waals surface area contributed by atoms with Gasteiger partial charge in [-0.05, 0) is 23.3 Å². The van der Waals surface area contributed by atoms with Crippen molar-refractivity contribution in [3.05, 3.63) is 89.5 Å². The van der Waals surface area contributed by atoms with Crippen LogP contribution < -0.4 is 5.32 Å². The molecule has 4 rings (SSSR count). The van der Waals surface area contributed by atoms with Crippen molar-refractivity contribution in [3.8, 4) is 11.1 Å². The molecule has 0 fully saturated rings. The van der Waals surface area contributed by atoms with Gasteiger partial charge >= 0.3 is 5.97 Å². The van der Waals surface area contributed by atoms with Gasteiger partial charge in [-0.1, -0.05) is 48.5 Å². The summed E-state index contributed by atoms with van der Waals surface area (Å²) in [5, 5.41) is 2.47. The first-order valence-electron chi connectivity index (χ1n) is 8.67. The van der Waals surface area contributed by atoms with Crippen molar-refractivity contribution in [2.75, 3.05) is 5.32 Å². The fourth-order valence-electron chi connectivity index (χ4n) is 3.23. The Morgan fingerprint density at radius 1 is 0.964 bits per heavy atom. The Hall–Kier alpha value is -3.54. The van der Waals surface area contributed by atoms with E-state index in [1.54, 1.807) is 54.6 Å². The van der Waals surface area contributed by atoms with Crippen LogP contribution in [0, 0.1) is 11.6 Å². The minimum atomic E-state index is -1.10. The maximum atomic E-state index is 14.5. The van der Waals surface area contributed by atoms with E-state index in [9.17, 15) is 18.4 Å². The number of cyclic esters (lactones) is 1. The fraction of sp³-hybridized carbons (Fsp3) is 0.0909. The molecular weight excluding hydrogens is 364 g/mol. The van der Waals surface area contributed by atoms with Crippen LogP contribution in [0.3, 0.4) is 0 Å². The highest BCUT2D eigenvalue weighted by atomic mass is 19.1. The van der Waals surface area contributed by atoms with Crippen LogP contribution in [0.1, 0.15) is 15.9 Å². The summed E-state index contributed by atoms with van der Waals surface area (Å²) in [5.74, 6) is -2.95. The lowest BCUT2D eigenvalue weighted by molar-refractivity contribution is -0.125. The molecule has 28 heavy (non-hydrogen) atoms. The predicted molar refractivity (Wildman–Crippen MR) is 99.8 cm³/mol. The predicted octanol–water partition coefficient (Wildman–Crippen LogP) is 4.35. The smallest absolute Gasteiger partial charge is 0.339 e. The minimum absolute atomic E-state index is 0.160. The Balaban J connectivity index is 1.65. The highest BCUT2D eigenvalue weighted by molar-refractivity contribution is 6.02. The van der Waals surface area contributed by atoms with Gasteiger partial charge in [0, 0.05) is 18.1 Å². The van der Waals surface area contributed by atoms with E-state index < -0.39 is 29.6 Å². The van der Waals surface area contributed by atoms with Crippen LogP contribution in [0.2, 0.25) is 0 Å². The van der Waals surface area contributed by atoms with Crippen LogP contribution in [0.4, 0.5) is 14.5 Å². The number of amides is 1. The third-order valence-electron chi connectivity index (χ3n) is 4.57. The molecule has 140 valence electrons. The lowest BCUT2D eigenvalue weighted by Gasteiger charge is -2.24. The van der Waals surface area contributed by atoms with Crippen LogP contribution >= 0.6 is 0 Å². The first-order valence-corrected chi connectivity index (χ1v) is 8.67. The standard InChI is InChI=1S/C22H15F2NO3/c23-15-11-17(13-6-2-1-3-7-13)20(18(24)12-15)25-21(26)19-10-14-8-4-5-9-16(14)22(27)28-19/h1-9,11-12,19H,10H2,(H,25,26). The molecule has 3 aromatic carbocycles. The Kier molecular flexibility index (Phi) is 4.61. The van der Waals surface area contributed by atoms with Crippen LogP contribution in [0.25, 0.3) is 11.1 Å². The lowest BCUT2D eigenvalue weighted by Crippen LogP contribution is -2.38. The maximum Gasteiger partial charge on any atom is 0.339 e. The van der Waals surface area contributed by atoms with E-state index in [2.05, 4.69) is 5.32 Å². The molecule has 0 radical (unpaired) electrons. The number of carbonyl (C=O) groups excluding carboxylic acids is 2. The Labute approximate surface area is 159 Å². The van der Waals surface area contributed by atoms with Gasteiger partial charge < -0.3 is 10.1 Å². The quantitative estimate of drug-likeness (QED) is 0.689. The Bertz CT molecular complexity index is 1070. The van der Waals surface area contributed by atoms with Crippen molar-refractivity contribution >= 4 is 17.6 Å². The first kappa shape index (κ1) is 17.9. The summed E-state index contributed by atoms with van der Waals surface area (Å²) in [6.07, 6.45) is -0.924. The highest BCUT2D eigenvalue weighted by Crippen LogP contribution is 2.32. The van der Waals surface area contributed by atoms with Gasteiger partial charge in [-0.2, -0.15) is 0 Å². The molecule has 1 atom stereocenters. The van der Waals surface area contributed by atoms with Gasteiger partial charge in [0.15, 0.2) is 6.10 Å². The molecule has 0 spiro atoms. The van der Waals surface area contributed by atoms with Gasteiger partial charge in [0.25, 0.3) is 5.91 Å². The summed E-state index contributed by atoms with van der Waals surface area (Å²) in [7, 11) is 0. The van der Waals surface area contributed by atoms with Crippen molar-refractivity contribution in [1.29, 1.82) is 0 Å². The average molecular weight is 379 g/mol. The second-order valence-corrected chi connectivity index (χ2v) is 6.42. The molecule has 0 aliphatic carbocycles. The molecule has 1 amide bonds. The number of benzene rings is 3. The topological polar surface area (TPSA) is 55.4 Å². The van der Waals surface area contributed by atoms with E-state index in [-0.39, 0.29) is 17.7 Å². The number of ether oxygens (including phenoxy) is 1. The van der Waals surface area contributed by atoms with Crippen molar-refractivity contribution in [1.82, 2.24) is 0 Å². The van der Waals surface area contributed by atoms with Crippen molar-refractivity contribution in [2.45, 2.75) is 12.5 Å². The van der Waals surface area contributed by atoms with Crippen LogP contribution in [0.5, 0.6) is 0 Å². The van der Waals surface area contributed by atoms with E-state index in [0.717, 1.165) is 6.07 Å². The fourth-order valence-corrected chi connectivity index (χ4v) is 3.23. The molecule has 1 unspecified atom stereocenters. The van der Waals surface area contributed by atoms with Gasteiger partial charge in [-0.25, -0.2) is 13.6 Å². The second kappa shape index (κ2) is 7.23. The molecule has 0 aromatic heterocycles. The van der Waals surface area contributed by atoms with Crippen LogP contribution in [0.15, 0.2) is 66.7 Å². The number of halogens is 2. The molecule has 0 saturated carbocycles. The van der Waals surface area contributed by atoms with Crippen molar-refractivity contribution in [2.24, 2.45) is 0 Å². The van der Waals surface area contributed by atoms with Gasteiger partial charge in [0.1, 0.15) is 11.6 Å². The molecule has 6 heteroatoms. The summed E-state index contributed by atoms with van der Waals surface area (Å²) < 4.78 is 33.5. The summed E-state index contributed by atoms with van der Waals surface area (Å²) >= 11 is 0. The Morgan fingerprint density at radius 3 is 2.46 bits per heavy atom. The highest BCUT2D eigenvalue weighted by Gasteiger charge is 2.32. The zero-order valence-electron chi connectivity index (χ0n) is 14.6. The number of nitrogens with one attached hydrogen (secondary N) is 1. The van der Waals surface area contributed by atoms with Crippen molar-refractivity contribution < 1.29 is 23.1 Å². The number of rotatable bonds is 3. The SMILES string of the molecule is O=C1OC(C(=O)Nc2c(F)cc(F)cc2-c2ccccc2)Cc2ccccc21. The van der Waals surface area contributed by atoms with Crippen LogP contribution in [-0.4, -0.2) is 18.0 Å². The van der Waals surface area contributed by atoms with E-state index >= 15 is 0 Å².